The van der Waals surface area contributed by atoms with Crippen LogP contribution >= 0.6 is 0 Å². The van der Waals surface area contributed by atoms with Crippen LogP contribution in [0, 0.1) is 11.7 Å². The molecule has 1 aliphatic heterocycles. The number of hydrogen-bond acceptors (Lipinski definition) is 3. The molecule has 2 N–H and O–H groups in total. The second-order valence-corrected chi connectivity index (χ2v) is 6.14. The number of hydrogen-bond donors (Lipinski definition) is 2. The van der Waals surface area contributed by atoms with E-state index in [1.54, 1.807) is 36.4 Å². The molecule has 1 aliphatic rings. The van der Waals surface area contributed by atoms with Gasteiger partial charge in [-0.2, -0.15) is 0 Å². The number of aliphatic hydroxyl groups excluding tert-OH is 1. The first-order chi connectivity index (χ1) is 11.6. The molecular weight excluding hydrogens is 307 g/mol. The predicted molar refractivity (Wildman–Crippen MR) is 91.1 cm³/mol. The van der Waals surface area contributed by atoms with Crippen LogP contribution in [0.25, 0.3) is 0 Å². The van der Waals surface area contributed by atoms with Gasteiger partial charge in [0.15, 0.2) is 6.10 Å². The van der Waals surface area contributed by atoms with E-state index < -0.39 is 6.10 Å². The third kappa shape index (κ3) is 3.92. The largest absolute Gasteiger partial charge is 0.378 e. The smallest absolute Gasteiger partial charge is 0.253 e. The lowest BCUT2D eigenvalue weighted by Crippen LogP contribution is -2.34. The van der Waals surface area contributed by atoms with Crippen molar-refractivity contribution in [3.63, 3.8) is 0 Å². The molecule has 4 nitrogen and oxygen atoms in total. The molecule has 1 heterocycles. The molecule has 1 saturated heterocycles. The number of nitrogens with zero attached hydrogens (tertiary/aromatic N) is 1. The second kappa shape index (κ2) is 7.45. The minimum Gasteiger partial charge on any atom is -0.378 e. The zero-order chi connectivity index (χ0) is 16.9. The Morgan fingerprint density at radius 1 is 1.21 bits per heavy atom. The van der Waals surface area contributed by atoms with Crippen molar-refractivity contribution in [1.82, 2.24) is 5.32 Å². The molecule has 0 aromatic heterocycles. The van der Waals surface area contributed by atoms with Crippen molar-refractivity contribution in [3.8, 4) is 0 Å². The molecule has 2 aromatic carbocycles. The van der Waals surface area contributed by atoms with E-state index in [9.17, 15) is 14.3 Å². The Morgan fingerprint density at radius 3 is 2.62 bits per heavy atom. The van der Waals surface area contributed by atoms with Gasteiger partial charge in [0.25, 0.3) is 5.91 Å². The van der Waals surface area contributed by atoms with Crippen LogP contribution in [0.15, 0.2) is 54.6 Å². The Labute approximate surface area is 140 Å². The lowest BCUT2D eigenvalue weighted by molar-refractivity contribution is -0.129. The Kier molecular flexibility index (Phi) is 5.11. The fourth-order valence-electron chi connectivity index (χ4n) is 3.01. The molecule has 126 valence electrons. The lowest BCUT2D eigenvalue weighted by Gasteiger charge is -2.19. The SMILES string of the molecule is O=C(NCC1CCN(c2ccc(F)cc2)C1)C(O)c1ccccc1. The predicted octanol–water partition coefficient (Wildman–Crippen LogP) is 2.50. The van der Waals surface area contributed by atoms with Gasteiger partial charge in [0.2, 0.25) is 0 Å². The van der Waals surface area contributed by atoms with Gasteiger partial charge >= 0.3 is 0 Å². The van der Waals surface area contributed by atoms with Crippen molar-refractivity contribution >= 4 is 11.6 Å². The topological polar surface area (TPSA) is 52.6 Å². The number of benzene rings is 2. The second-order valence-electron chi connectivity index (χ2n) is 6.14. The normalized spacial score (nSPS) is 18.4. The van der Waals surface area contributed by atoms with Gasteiger partial charge in [-0.05, 0) is 42.2 Å². The standard InChI is InChI=1S/C19H21FN2O2/c20-16-6-8-17(9-7-16)22-11-10-14(13-22)12-21-19(24)18(23)15-4-2-1-3-5-15/h1-9,14,18,23H,10-13H2,(H,21,24). The molecule has 1 amide bonds. The van der Waals surface area contributed by atoms with E-state index in [-0.39, 0.29) is 11.7 Å². The van der Waals surface area contributed by atoms with Crippen molar-refractivity contribution in [2.24, 2.45) is 5.92 Å². The molecule has 2 atom stereocenters. The number of rotatable bonds is 5. The zero-order valence-electron chi connectivity index (χ0n) is 13.4. The van der Waals surface area contributed by atoms with Crippen molar-refractivity contribution in [2.75, 3.05) is 24.5 Å². The van der Waals surface area contributed by atoms with Crippen LogP contribution in [0.2, 0.25) is 0 Å². The van der Waals surface area contributed by atoms with Gasteiger partial charge in [-0.1, -0.05) is 30.3 Å². The first kappa shape index (κ1) is 16.5. The van der Waals surface area contributed by atoms with Crippen LogP contribution in [0.1, 0.15) is 18.1 Å². The summed E-state index contributed by atoms with van der Waals surface area (Å²) in [6.07, 6.45) is -0.181. The first-order valence-electron chi connectivity index (χ1n) is 8.15. The Morgan fingerprint density at radius 2 is 1.92 bits per heavy atom. The molecule has 3 rings (SSSR count). The molecule has 0 spiro atoms. The average Bonchev–Trinajstić information content (AvgIpc) is 3.09. The van der Waals surface area contributed by atoms with E-state index >= 15 is 0 Å². The van der Waals surface area contributed by atoms with Gasteiger partial charge in [-0.15, -0.1) is 0 Å². The van der Waals surface area contributed by atoms with Crippen LogP contribution < -0.4 is 10.2 Å². The van der Waals surface area contributed by atoms with E-state index in [4.69, 9.17) is 0 Å². The molecule has 2 unspecified atom stereocenters. The highest BCUT2D eigenvalue weighted by Gasteiger charge is 2.24. The summed E-state index contributed by atoms with van der Waals surface area (Å²) in [5.41, 5.74) is 1.59. The number of carbonyl (C=O) groups is 1. The minimum absolute atomic E-state index is 0.239. The summed E-state index contributed by atoms with van der Waals surface area (Å²) in [5.74, 6) is -0.292. The number of nitrogens with one attached hydrogen (secondary N) is 1. The summed E-state index contributed by atoms with van der Waals surface area (Å²) >= 11 is 0. The number of aliphatic hydroxyl groups is 1. The molecule has 5 heteroatoms. The van der Waals surface area contributed by atoms with Crippen LogP contribution in [-0.4, -0.2) is 30.6 Å². The molecule has 0 radical (unpaired) electrons. The van der Waals surface area contributed by atoms with Crippen molar-refractivity contribution in [2.45, 2.75) is 12.5 Å². The molecular formula is C19H21FN2O2. The van der Waals surface area contributed by atoms with Gasteiger partial charge in [0.05, 0.1) is 0 Å². The summed E-state index contributed by atoms with van der Waals surface area (Å²) in [5, 5.41) is 12.9. The maximum Gasteiger partial charge on any atom is 0.253 e. The summed E-state index contributed by atoms with van der Waals surface area (Å²) < 4.78 is 13.0. The maximum absolute atomic E-state index is 13.0. The number of anilines is 1. The number of halogens is 1. The quantitative estimate of drug-likeness (QED) is 0.887. The summed E-state index contributed by atoms with van der Waals surface area (Å²) in [7, 11) is 0. The molecule has 0 aliphatic carbocycles. The van der Waals surface area contributed by atoms with Crippen molar-refractivity contribution < 1.29 is 14.3 Å². The Balaban J connectivity index is 1.49. The maximum atomic E-state index is 13.0. The van der Waals surface area contributed by atoms with E-state index in [1.165, 1.54) is 12.1 Å². The fraction of sp³-hybridized carbons (Fsp3) is 0.316. The van der Waals surface area contributed by atoms with Crippen LogP contribution in [-0.2, 0) is 4.79 Å². The van der Waals surface area contributed by atoms with Crippen molar-refractivity contribution in [3.05, 3.63) is 66.0 Å². The average molecular weight is 328 g/mol. The summed E-state index contributed by atoms with van der Waals surface area (Å²) in [4.78, 5) is 14.3. The van der Waals surface area contributed by atoms with Gasteiger partial charge in [-0.3, -0.25) is 4.79 Å². The van der Waals surface area contributed by atoms with E-state index in [0.717, 1.165) is 25.2 Å². The van der Waals surface area contributed by atoms with Crippen LogP contribution in [0.3, 0.4) is 0 Å². The minimum atomic E-state index is -1.14. The van der Waals surface area contributed by atoms with Gasteiger partial charge in [0, 0.05) is 25.3 Å². The summed E-state index contributed by atoms with van der Waals surface area (Å²) in [6.45, 7) is 2.22. The summed E-state index contributed by atoms with van der Waals surface area (Å²) in [6, 6.07) is 15.4. The molecule has 0 bridgehead atoms. The van der Waals surface area contributed by atoms with Gasteiger partial charge in [0.1, 0.15) is 5.82 Å². The fourth-order valence-corrected chi connectivity index (χ4v) is 3.01. The van der Waals surface area contributed by atoms with Crippen LogP contribution in [0.4, 0.5) is 10.1 Å². The number of carbonyl (C=O) groups excluding carboxylic acids is 1. The highest BCUT2D eigenvalue weighted by molar-refractivity contribution is 5.81. The monoisotopic (exact) mass is 328 g/mol. The highest BCUT2D eigenvalue weighted by atomic mass is 19.1. The number of amides is 1. The lowest BCUT2D eigenvalue weighted by atomic mass is 10.1. The van der Waals surface area contributed by atoms with Crippen LogP contribution in [0.5, 0.6) is 0 Å². The molecule has 1 fully saturated rings. The Hall–Kier alpha value is -2.40. The van der Waals surface area contributed by atoms with E-state index in [1.807, 2.05) is 6.07 Å². The van der Waals surface area contributed by atoms with E-state index in [2.05, 4.69) is 10.2 Å². The molecule has 0 saturated carbocycles. The zero-order valence-corrected chi connectivity index (χ0v) is 13.4. The highest BCUT2D eigenvalue weighted by Crippen LogP contribution is 2.23. The third-order valence-corrected chi connectivity index (χ3v) is 4.41. The first-order valence-corrected chi connectivity index (χ1v) is 8.15. The molecule has 2 aromatic rings. The van der Waals surface area contributed by atoms with Crippen molar-refractivity contribution in [1.29, 1.82) is 0 Å². The van der Waals surface area contributed by atoms with Gasteiger partial charge < -0.3 is 15.3 Å². The third-order valence-electron chi connectivity index (χ3n) is 4.41. The Bertz CT molecular complexity index is 676. The van der Waals surface area contributed by atoms with Gasteiger partial charge in [-0.25, -0.2) is 4.39 Å². The van der Waals surface area contributed by atoms with E-state index in [0.29, 0.717) is 18.0 Å². The molecule has 24 heavy (non-hydrogen) atoms.